The van der Waals surface area contributed by atoms with Crippen molar-refractivity contribution in [2.45, 2.75) is 289 Å². The molecule has 2 fully saturated rings. The van der Waals surface area contributed by atoms with E-state index in [0.717, 1.165) is 122 Å². The second kappa shape index (κ2) is 34.1. The number of hydrogen-bond acceptors (Lipinski definition) is 12. The lowest BCUT2D eigenvalue weighted by Gasteiger charge is -2.37. The van der Waals surface area contributed by atoms with Crippen LogP contribution in [0.2, 0.25) is 0 Å². The highest BCUT2D eigenvalue weighted by molar-refractivity contribution is 6.45. The molecule has 0 N–H and O–H groups in total. The number of amides is 4. The summed E-state index contributed by atoms with van der Waals surface area (Å²) in [6, 6.07) is 50.6. The smallest absolute Gasteiger partial charge is 0.334 e. The number of hydrogen-bond donors (Lipinski definition) is 0. The molecule has 0 bridgehead atoms. The summed E-state index contributed by atoms with van der Waals surface area (Å²) < 4.78 is 43.5. The lowest BCUT2D eigenvalue weighted by atomic mass is 9.72. The molecule has 2 aliphatic carbocycles. The summed E-state index contributed by atoms with van der Waals surface area (Å²) in [5.74, 6) is -1.79. The van der Waals surface area contributed by atoms with Gasteiger partial charge in [-0.2, -0.15) is 0 Å². The lowest BCUT2D eigenvalue weighted by molar-refractivity contribution is -0.140. The molecule has 2 heterocycles. The Kier molecular flexibility index (Phi) is 24.3. The molecule has 14 heteroatoms. The number of aryl methyl sites for hydroxylation is 2. The van der Waals surface area contributed by atoms with Gasteiger partial charge < -0.3 is 28.4 Å². The van der Waals surface area contributed by atoms with E-state index in [4.69, 9.17) is 28.4 Å². The van der Waals surface area contributed by atoms with Gasteiger partial charge in [-0.25, -0.2) is 9.59 Å². The number of fused-ring (bicyclic) bond motifs is 2. The zero-order chi connectivity index (χ0) is 90.4. The van der Waals surface area contributed by atoms with Gasteiger partial charge in [-0.1, -0.05) is 288 Å². The van der Waals surface area contributed by atoms with Crippen LogP contribution in [-0.2, 0) is 31.2 Å². The van der Waals surface area contributed by atoms with Gasteiger partial charge in [0.25, 0.3) is 23.6 Å². The number of ether oxygens (including phenoxy) is 6. The highest BCUT2D eigenvalue weighted by Gasteiger charge is 2.49. The molecule has 2 saturated carbocycles. The molecule has 660 valence electrons. The predicted molar refractivity (Wildman–Crippen MR) is 507 cm³/mol. The van der Waals surface area contributed by atoms with E-state index >= 15 is 28.8 Å². The molecule has 2 atom stereocenters. The molecule has 2 aliphatic heterocycles. The van der Waals surface area contributed by atoms with Gasteiger partial charge >= 0.3 is 11.9 Å². The van der Waals surface area contributed by atoms with Crippen molar-refractivity contribution in [3.63, 3.8) is 0 Å². The zero-order valence-electron chi connectivity index (χ0n) is 78.6. The summed E-state index contributed by atoms with van der Waals surface area (Å²) in [5.41, 5.74) is 4.71. The number of para-hydroxylation sites is 2. The molecule has 15 rings (SSSR count). The minimum atomic E-state index is -1.40. The maximum atomic E-state index is 17.1. The molecular weight excluding hydrogens is 1570 g/mol. The third kappa shape index (κ3) is 18.8. The van der Waals surface area contributed by atoms with E-state index in [0.29, 0.717) is 77.9 Å². The van der Waals surface area contributed by atoms with Crippen LogP contribution in [0.4, 0.5) is 0 Å². The van der Waals surface area contributed by atoms with Gasteiger partial charge in [-0.15, -0.1) is 0 Å². The average Bonchev–Trinajstić information content (AvgIpc) is 0.668. The highest BCUT2D eigenvalue weighted by atomic mass is 16.5. The van der Waals surface area contributed by atoms with E-state index in [9.17, 15) is 0 Å². The Morgan fingerprint density at radius 2 is 0.532 bits per heavy atom. The first kappa shape index (κ1) is 89.9. The largest absolute Gasteiger partial charge is 0.457 e. The molecule has 0 saturated heterocycles. The standard InChI is InChI=1S/C112H130N2O12/c1-67-33-29-31-39-85(67)125-103(119)83(57-69-35-25-23-26-36-69)113-99(115)79-59-87(121-75-49-41-71(42-50-75)109(15,16)63-105(3,4)5)93-95-89(123-77-53-45-73(46-54-77)111(19,20)65-107(9,10)11)61-81-92-82(102(118)114(101(81)117)84(58-70-37-27-24-28-38-70)104(120)126-86-40-32-30-34-68(86)2)62-90(124-78-55-47-74(48-56-78)112(21,22)66-108(12,13)14)96(98(92)95)94-88(60-80(100(113)116)91(79)97(93)94)122-76-51-43-72(44-52-76)110(17,18)64-106(6,7)8/h29-34,39-56,59-62,69-70,83-84H,23-28,35-38,57-58,63-66H2,1-22H3. The lowest BCUT2D eigenvalue weighted by Crippen LogP contribution is -2.52. The van der Waals surface area contributed by atoms with Gasteiger partial charge in [0.1, 0.15) is 69.6 Å². The molecule has 2 unspecified atom stereocenters. The van der Waals surface area contributed by atoms with E-state index in [1.165, 1.54) is 0 Å². The molecule has 11 aromatic rings. The number of nitrogens with zero attached hydrogens (tertiary/aromatic N) is 2. The van der Waals surface area contributed by atoms with Gasteiger partial charge in [-0.3, -0.25) is 29.0 Å². The normalized spacial score (nSPS) is 16.0. The summed E-state index contributed by atoms with van der Waals surface area (Å²) >= 11 is 0. The highest BCUT2D eigenvalue weighted by Crippen LogP contribution is 2.59. The van der Waals surface area contributed by atoms with Crippen LogP contribution in [0, 0.1) is 47.3 Å². The molecule has 11 aromatic carbocycles. The summed E-state index contributed by atoms with van der Waals surface area (Å²) in [6.45, 7) is 48.5. The third-order valence-electron chi connectivity index (χ3n) is 26.6. The maximum Gasteiger partial charge on any atom is 0.334 e. The number of carbonyl (C=O) groups is 6. The number of carbonyl (C=O) groups excluding carboxylic acids is 6. The van der Waals surface area contributed by atoms with Crippen LogP contribution >= 0.6 is 0 Å². The summed E-state index contributed by atoms with van der Waals surface area (Å²) in [7, 11) is 0. The van der Waals surface area contributed by atoms with E-state index in [2.05, 4.69) is 187 Å². The van der Waals surface area contributed by atoms with Crippen LogP contribution in [-0.4, -0.2) is 57.5 Å². The molecule has 14 nitrogen and oxygen atoms in total. The fraction of sp³-hybridized carbons (Fsp3) is 0.446. The van der Waals surface area contributed by atoms with Gasteiger partial charge in [0, 0.05) is 43.1 Å². The van der Waals surface area contributed by atoms with Gasteiger partial charge in [0.2, 0.25) is 0 Å². The second-order valence-corrected chi connectivity index (χ2v) is 44.5. The quantitative estimate of drug-likeness (QED) is 0.0166. The van der Waals surface area contributed by atoms with E-state index in [1.54, 1.807) is 48.5 Å². The van der Waals surface area contributed by atoms with Crippen molar-refractivity contribution in [2.75, 3.05) is 0 Å². The summed E-state index contributed by atoms with van der Waals surface area (Å²) in [6.07, 6.45) is 12.7. The SMILES string of the molecule is Cc1ccccc1OC(=O)C(CC1CCCCC1)N1C(=O)c2cc(Oc3ccc(C(C)(C)CC(C)(C)C)cc3)c3c4c(Oc5ccc(C(C)(C)CC(C)(C)C)cc5)cc5c6c(cc(Oc7ccc(C(C)(C)CC(C)(C)C)cc7)c(c7c(Oc8ccc(C(C)(C)CC(C)(C)C)cc8)cc(c2c37)C1=O)c64)C(=O)N(C(CC1CCCCC1)C(=O)Oc1ccccc1C)C5=O. The Morgan fingerprint density at radius 3 is 0.754 bits per heavy atom. The third-order valence-corrected chi connectivity index (χ3v) is 26.6. The molecule has 0 radical (unpaired) electrons. The predicted octanol–water partition coefficient (Wildman–Crippen LogP) is 29.5. The van der Waals surface area contributed by atoms with Gasteiger partial charge in [0.15, 0.2) is 0 Å². The first-order chi connectivity index (χ1) is 59.2. The average molecular weight is 1700 g/mol. The van der Waals surface area contributed by atoms with Crippen molar-refractivity contribution in [1.82, 2.24) is 9.80 Å². The van der Waals surface area contributed by atoms with E-state index in [1.807, 2.05) is 86.6 Å². The fourth-order valence-corrected chi connectivity index (χ4v) is 22.3. The Labute approximate surface area is 746 Å². The Hall–Kier alpha value is -10.9. The molecule has 0 spiro atoms. The van der Waals surface area contributed by atoms with Crippen molar-refractivity contribution < 1.29 is 57.2 Å². The summed E-state index contributed by atoms with van der Waals surface area (Å²) in [4.78, 5) is 102. The second-order valence-electron chi connectivity index (χ2n) is 44.5. The molecule has 126 heavy (non-hydrogen) atoms. The first-order valence-electron chi connectivity index (χ1n) is 46.0. The molecule has 4 aliphatic rings. The number of imide groups is 2. The molecular formula is C112H130N2O12. The number of rotatable bonds is 26. The van der Waals surface area contributed by atoms with Crippen molar-refractivity contribution in [2.24, 2.45) is 33.5 Å². The first-order valence-corrected chi connectivity index (χ1v) is 46.0. The molecule has 0 aromatic heterocycles. The van der Waals surface area contributed by atoms with E-state index in [-0.39, 0.29) is 124 Å². The topological polar surface area (TPSA) is 164 Å². The van der Waals surface area contributed by atoms with Crippen molar-refractivity contribution in [3.05, 3.63) is 225 Å². The van der Waals surface area contributed by atoms with Crippen molar-refractivity contribution in [3.8, 4) is 57.5 Å². The minimum Gasteiger partial charge on any atom is -0.457 e. The van der Waals surface area contributed by atoms with Gasteiger partial charge in [-0.05, 0) is 226 Å². The number of benzene rings is 11. The Morgan fingerprint density at radius 1 is 0.302 bits per heavy atom. The van der Waals surface area contributed by atoms with Crippen LogP contribution in [0.15, 0.2) is 170 Å². The Bertz CT molecular complexity index is 5360. The number of esters is 2. The van der Waals surface area contributed by atoms with E-state index < -0.39 is 47.7 Å². The summed E-state index contributed by atoms with van der Waals surface area (Å²) in [5, 5.41) is 2.48. The zero-order valence-corrected chi connectivity index (χ0v) is 78.6. The maximum absolute atomic E-state index is 17.1. The van der Waals surface area contributed by atoms with Crippen LogP contribution in [0.1, 0.15) is 316 Å². The minimum absolute atomic E-state index is 0.0216. The monoisotopic (exact) mass is 1690 g/mol. The van der Waals surface area contributed by atoms with Crippen LogP contribution in [0.25, 0.3) is 43.1 Å². The van der Waals surface area contributed by atoms with Crippen molar-refractivity contribution in [1.29, 1.82) is 0 Å². The van der Waals surface area contributed by atoms with Crippen LogP contribution in [0.5, 0.6) is 57.5 Å². The van der Waals surface area contributed by atoms with Crippen molar-refractivity contribution >= 4 is 78.7 Å². The fourth-order valence-electron chi connectivity index (χ4n) is 22.3. The van der Waals surface area contributed by atoms with Gasteiger partial charge in [0.05, 0.1) is 22.3 Å². The molecule has 4 amide bonds. The Balaban J connectivity index is 1.09. The van der Waals surface area contributed by atoms with Crippen LogP contribution < -0.4 is 28.4 Å². The van der Waals surface area contributed by atoms with Crippen LogP contribution in [0.3, 0.4) is 0 Å².